The lowest BCUT2D eigenvalue weighted by Gasteiger charge is -2.34. The highest BCUT2D eigenvalue weighted by Gasteiger charge is 2.28. The third-order valence-electron chi connectivity index (χ3n) is 4.22. The molecular formula is C23H30ClNO2. The third-order valence-corrected chi connectivity index (χ3v) is 4.67. The van der Waals surface area contributed by atoms with E-state index >= 15 is 0 Å². The molecule has 146 valence electrons. The highest BCUT2D eigenvalue weighted by molar-refractivity contribution is 6.20. The van der Waals surface area contributed by atoms with Crippen molar-refractivity contribution in [1.82, 2.24) is 4.90 Å². The van der Waals surface area contributed by atoms with Crippen LogP contribution in [0.1, 0.15) is 51.3 Å². The SMILES string of the molecule is CCC(Cl)CN(CC(=O)OC(C)(C)C)C(c1ccccc1)c1ccccc1. The predicted octanol–water partition coefficient (Wildman–Crippen LogP) is 5.44. The maximum atomic E-state index is 12.6. The molecule has 1 atom stereocenters. The van der Waals surface area contributed by atoms with Crippen LogP contribution in [0.25, 0.3) is 0 Å². The Hall–Kier alpha value is -1.84. The summed E-state index contributed by atoms with van der Waals surface area (Å²) in [5.41, 5.74) is 1.75. The number of carbonyl (C=O) groups is 1. The molecule has 0 N–H and O–H groups in total. The van der Waals surface area contributed by atoms with E-state index in [2.05, 4.69) is 36.1 Å². The van der Waals surface area contributed by atoms with Crippen LogP contribution in [0.5, 0.6) is 0 Å². The molecule has 0 amide bonds. The summed E-state index contributed by atoms with van der Waals surface area (Å²) in [7, 11) is 0. The fourth-order valence-electron chi connectivity index (χ4n) is 3.07. The summed E-state index contributed by atoms with van der Waals surface area (Å²) in [5.74, 6) is -0.237. The Kier molecular flexibility index (Phi) is 7.88. The van der Waals surface area contributed by atoms with E-state index in [1.807, 2.05) is 57.2 Å². The van der Waals surface area contributed by atoms with Crippen molar-refractivity contribution in [3.63, 3.8) is 0 Å². The topological polar surface area (TPSA) is 29.5 Å². The minimum absolute atomic E-state index is 0.0395. The molecule has 0 aliphatic heterocycles. The molecule has 0 bridgehead atoms. The monoisotopic (exact) mass is 387 g/mol. The van der Waals surface area contributed by atoms with E-state index in [-0.39, 0.29) is 23.9 Å². The second-order valence-corrected chi connectivity index (χ2v) is 8.36. The van der Waals surface area contributed by atoms with Gasteiger partial charge in [-0.25, -0.2) is 0 Å². The Bertz CT molecular complexity index is 658. The van der Waals surface area contributed by atoms with Crippen molar-refractivity contribution in [2.45, 2.75) is 51.1 Å². The molecule has 0 saturated heterocycles. The summed E-state index contributed by atoms with van der Waals surface area (Å²) in [6.45, 7) is 8.51. The summed E-state index contributed by atoms with van der Waals surface area (Å²) in [5, 5.41) is -0.0395. The van der Waals surface area contributed by atoms with Crippen molar-refractivity contribution in [2.24, 2.45) is 0 Å². The second kappa shape index (κ2) is 9.91. The lowest BCUT2D eigenvalue weighted by Crippen LogP contribution is -2.40. The summed E-state index contributed by atoms with van der Waals surface area (Å²) in [6, 6.07) is 20.4. The molecule has 0 spiro atoms. The number of alkyl halides is 1. The lowest BCUT2D eigenvalue weighted by molar-refractivity contribution is -0.156. The zero-order valence-corrected chi connectivity index (χ0v) is 17.4. The van der Waals surface area contributed by atoms with Gasteiger partial charge in [0.1, 0.15) is 5.60 Å². The number of ether oxygens (including phenoxy) is 1. The molecule has 0 fully saturated rings. The van der Waals surface area contributed by atoms with E-state index in [0.29, 0.717) is 6.54 Å². The number of hydrogen-bond donors (Lipinski definition) is 0. The Morgan fingerprint density at radius 1 is 1.00 bits per heavy atom. The molecule has 3 nitrogen and oxygen atoms in total. The lowest BCUT2D eigenvalue weighted by atomic mass is 9.96. The smallest absolute Gasteiger partial charge is 0.320 e. The second-order valence-electron chi connectivity index (χ2n) is 7.75. The van der Waals surface area contributed by atoms with Gasteiger partial charge in [0, 0.05) is 11.9 Å². The van der Waals surface area contributed by atoms with Gasteiger partial charge in [-0.2, -0.15) is 0 Å². The molecule has 27 heavy (non-hydrogen) atoms. The van der Waals surface area contributed by atoms with Gasteiger partial charge in [0.25, 0.3) is 0 Å². The molecule has 0 aromatic heterocycles. The van der Waals surface area contributed by atoms with Crippen LogP contribution >= 0.6 is 11.6 Å². The van der Waals surface area contributed by atoms with Gasteiger partial charge in [-0.05, 0) is 38.3 Å². The van der Waals surface area contributed by atoms with E-state index < -0.39 is 5.60 Å². The molecular weight excluding hydrogens is 358 g/mol. The fourth-order valence-corrected chi connectivity index (χ4v) is 3.25. The fraction of sp³-hybridized carbons (Fsp3) is 0.435. The Morgan fingerprint density at radius 2 is 1.48 bits per heavy atom. The minimum atomic E-state index is -0.511. The molecule has 0 aliphatic carbocycles. The molecule has 4 heteroatoms. The van der Waals surface area contributed by atoms with Gasteiger partial charge < -0.3 is 4.74 Å². The highest BCUT2D eigenvalue weighted by Crippen LogP contribution is 2.29. The highest BCUT2D eigenvalue weighted by atomic mass is 35.5. The van der Waals surface area contributed by atoms with Crippen molar-refractivity contribution in [2.75, 3.05) is 13.1 Å². The van der Waals surface area contributed by atoms with Crippen molar-refractivity contribution < 1.29 is 9.53 Å². The van der Waals surface area contributed by atoms with Crippen molar-refractivity contribution >= 4 is 17.6 Å². The zero-order valence-electron chi connectivity index (χ0n) is 16.7. The quantitative estimate of drug-likeness (QED) is 0.446. The van der Waals surface area contributed by atoms with E-state index in [1.165, 1.54) is 0 Å². The van der Waals surface area contributed by atoms with Gasteiger partial charge in [0.15, 0.2) is 0 Å². The number of esters is 1. The van der Waals surface area contributed by atoms with Crippen LogP contribution in [0.15, 0.2) is 60.7 Å². The maximum Gasteiger partial charge on any atom is 0.320 e. The molecule has 2 rings (SSSR count). The summed E-state index contributed by atoms with van der Waals surface area (Å²) in [4.78, 5) is 14.7. The third kappa shape index (κ3) is 7.00. The molecule has 0 radical (unpaired) electrons. The first-order valence-corrected chi connectivity index (χ1v) is 9.93. The van der Waals surface area contributed by atoms with E-state index in [4.69, 9.17) is 16.3 Å². The number of halogens is 1. The van der Waals surface area contributed by atoms with Crippen LogP contribution in [0.3, 0.4) is 0 Å². The molecule has 2 aromatic carbocycles. The van der Waals surface area contributed by atoms with Crippen LogP contribution < -0.4 is 0 Å². The van der Waals surface area contributed by atoms with E-state index in [9.17, 15) is 4.79 Å². The van der Waals surface area contributed by atoms with Gasteiger partial charge in [-0.15, -0.1) is 11.6 Å². The Balaban J connectivity index is 2.38. The largest absolute Gasteiger partial charge is 0.459 e. The first kappa shape index (κ1) is 21.5. The number of nitrogens with zero attached hydrogens (tertiary/aromatic N) is 1. The van der Waals surface area contributed by atoms with Gasteiger partial charge in [0.2, 0.25) is 0 Å². The van der Waals surface area contributed by atoms with Crippen LogP contribution in [0, 0.1) is 0 Å². The Morgan fingerprint density at radius 3 is 1.89 bits per heavy atom. The number of benzene rings is 2. The standard InChI is InChI=1S/C23H30ClNO2/c1-5-20(24)16-25(17-21(26)27-23(2,3)4)22(18-12-8-6-9-13-18)19-14-10-7-11-15-19/h6-15,20,22H,5,16-17H2,1-4H3. The summed E-state index contributed by atoms with van der Waals surface area (Å²) in [6.07, 6.45) is 0.836. The number of hydrogen-bond acceptors (Lipinski definition) is 3. The van der Waals surface area contributed by atoms with Crippen LogP contribution in [-0.4, -0.2) is 34.9 Å². The molecule has 2 aromatic rings. The minimum Gasteiger partial charge on any atom is -0.459 e. The van der Waals surface area contributed by atoms with Gasteiger partial charge in [-0.1, -0.05) is 67.6 Å². The van der Waals surface area contributed by atoms with Crippen molar-refractivity contribution in [3.05, 3.63) is 71.8 Å². The molecule has 0 aliphatic rings. The van der Waals surface area contributed by atoms with Crippen molar-refractivity contribution in [1.29, 1.82) is 0 Å². The first-order chi connectivity index (χ1) is 12.8. The maximum absolute atomic E-state index is 12.6. The predicted molar refractivity (Wildman–Crippen MR) is 112 cm³/mol. The van der Waals surface area contributed by atoms with Crippen LogP contribution in [0.4, 0.5) is 0 Å². The summed E-state index contributed by atoms with van der Waals surface area (Å²) < 4.78 is 5.58. The molecule has 0 saturated carbocycles. The average Bonchev–Trinajstić information content (AvgIpc) is 2.62. The average molecular weight is 388 g/mol. The zero-order chi connectivity index (χ0) is 19.9. The normalized spacial score (nSPS) is 13.0. The van der Waals surface area contributed by atoms with E-state index in [0.717, 1.165) is 17.5 Å². The Labute approximate surface area is 168 Å². The van der Waals surface area contributed by atoms with Gasteiger partial charge in [0.05, 0.1) is 12.6 Å². The number of rotatable bonds is 8. The first-order valence-electron chi connectivity index (χ1n) is 9.50. The summed E-state index contributed by atoms with van der Waals surface area (Å²) >= 11 is 6.50. The molecule has 0 heterocycles. The van der Waals surface area contributed by atoms with Crippen LogP contribution in [0.2, 0.25) is 0 Å². The van der Waals surface area contributed by atoms with Gasteiger partial charge >= 0.3 is 5.97 Å². The van der Waals surface area contributed by atoms with Gasteiger partial charge in [-0.3, -0.25) is 9.69 Å². The van der Waals surface area contributed by atoms with Crippen LogP contribution in [-0.2, 0) is 9.53 Å². The van der Waals surface area contributed by atoms with Crippen molar-refractivity contribution in [3.8, 4) is 0 Å². The molecule has 1 unspecified atom stereocenters. The number of carbonyl (C=O) groups excluding carboxylic acids is 1. The van der Waals surface area contributed by atoms with E-state index in [1.54, 1.807) is 0 Å².